The molecule has 0 atom stereocenters. The van der Waals surface area contributed by atoms with E-state index in [0.29, 0.717) is 17.5 Å². The number of nitrogens with one attached hydrogen (secondary N) is 1. The quantitative estimate of drug-likeness (QED) is 0.398. The summed E-state index contributed by atoms with van der Waals surface area (Å²) in [6.45, 7) is 6.87. The molecule has 0 unspecified atom stereocenters. The van der Waals surface area contributed by atoms with E-state index in [-0.39, 0.29) is 18.3 Å². The van der Waals surface area contributed by atoms with Gasteiger partial charge in [0, 0.05) is 21.7 Å². The first-order valence-electron chi connectivity index (χ1n) is 9.37. The lowest BCUT2D eigenvalue weighted by molar-refractivity contribution is -0.113. The summed E-state index contributed by atoms with van der Waals surface area (Å²) in [7, 11) is 0. The lowest BCUT2D eigenvalue weighted by Crippen LogP contribution is -2.14. The average Bonchev–Trinajstić information content (AvgIpc) is 3.12. The van der Waals surface area contributed by atoms with E-state index in [1.165, 1.54) is 11.8 Å². The second-order valence-electron chi connectivity index (χ2n) is 6.65. The fourth-order valence-electron chi connectivity index (χ4n) is 2.85. The third-order valence-corrected chi connectivity index (χ3v) is 6.44. The van der Waals surface area contributed by atoms with Crippen LogP contribution in [0.25, 0.3) is 0 Å². The molecular formula is C21H22BrClN4O2S. The summed E-state index contributed by atoms with van der Waals surface area (Å²) >= 11 is 10.9. The van der Waals surface area contributed by atoms with E-state index in [4.69, 9.17) is 16.3 Å². The van der Waals surface area contributed by atoms with Gasteiger partial charge in [0.1, 0.15) is 12.4 Å². The lowest BCUT2D eigenvalue weighted by atomic mass is 10.1. The molecule has 0 aliphatic rings. The minimum atomic E-state index is -0.0992. The smallest absolute Gasteiger partial charge is 0.234 e. The highest BCUT2D eigenvalue weighted by Crippen LogP contribution is 2.26. The predicted molar refractivity (Wildman–Crippen MR) is 124 cm³/mol. The lowest BCUT2D eigenvalue weighted by Gasteiger charge is -2.11. The summed E-state index contributed by atoms with van der Waals surface area (Å²) in [5.74, 6) is 1.59. The molecule has 0 saturated heterocycles. The number of carbonyl (C=O) groups excluding carboxylic acids is 1. The summed E-state index contributed by atoms with van der Waals surface area (Å²) in [4.78, 5) is 12.2. The molecule has 0 aliphatic heterocycles. The Kier molecular flexibility index (Phi) is 7.80. The van der Waals surface area contributed by atoms with Gasteiger partial charge in [0.15, 0.2) is 11.0 Å². The highest BCUT2D eigenvalue weighted by Gasteiger charge is 2.14. The Labute approximate surface area is 193 Å². The number of anilines is 1. The van der Waals surface area contributed by atoms with Crippen molar-refractivity contribution in [2.75, 3.05) is 11.1 Å². The number of aryl methyl sites for hydroxylation is 2. The molecule has 0 spiro atoms. The molecule has 9 heteroatoms. The molecule has 3 rings (SSSR count). The van der Waals surface area contributed by atoms with E-state index in [1.54, 1.807) is 0 Å². The van der Waals surface area contributed by atoms with Crippen LogP contribution in [-0.2, 0) is 17.9 Å². The van der Waals surface area contributed by atoms with Crippen LogP contribution in [0.5, 0.6) is 5.75 Å². The predicted octanol–water partition coefficient (Wildman–Crippen LogP) is 5.64. The Hall–Kier alpha value is -2.03. The van der Waals surface area contributed by atoms with Crippen LogP contribution in [0.4, 0.5) is 5.69 Å². The molecule has 30 heavy (non-hydrogen) atoms. The van der Waals surface area contributed by atoms with Gasteiger partial charge >= 0.3 is 0 Å². The number of rotatable bonds is 8. The Bertz CT molecular complexity index is 1020. The van der Waals surface area contributed by atoms with Gasteiger partial charge in [-0.2, -0.15) is 0 Å². The number of carbonyl (C=O) groups is 1. The third kappa shape index (κ3) is 5.77. The van der Waals surface area contributed by atoms with Gasteiger partial charge in [-0.3, -0.25) is 4.79 Å². The molecule has 0 saturated carbocycles. The van der Waals surface area contributed by atoms with E-state index in [1.807, 2.05) is 61.7 Å². The maximum Gasteiger partial charge on any atom is 0.234 e. The fourth-order valence-corrected chi connectivity index (χ4v) is 4.04. The molecule has 1 aromatic heterocycles. The van der Waals surface area contributed by atoms with Crippen molar-refractivity contribution in [3.05, 3.63) is 62.8 Å². The van der Waals surface area contributed by atoms with E-state index in [2.05, 4.69) is 31.4 Å². The Morgan fingerprint density at radius 2 is 1.87 bits per heavy atom. The van der Waals surface area contributed by atoms with Crippen LogP contribution in [0, 0.1) is 13.8 Å². The number of amides is 1. The average molecular weight is 510 g/mol. The molecule has 2 aromatic carbocycles. The SMILES string of the molecule is CCn1c(COc2cc(C)c(Cl)c(C)c2)nnc1SCC(=O)Nc1ccc(Br)cc1. The van der Waals surface area contributed by atoms with Crippen molar-refractivity contribution < 1.29 is 9.53 Å². The zero-order chi connectivity index (χ0) is 21.7. The molecule has 0 fully saturated rings. The van der Waals surface area contributed by atoms with Crippen LogP contribution in [0.15, 0.2) is 46.0 Å². The summed E-state index contributed by atoms with van der Waals surface area (Å²) in [6, 6.07) is 11.3. The normalized spacial score (nSPS) is 10.8. The minimum absolute atomic E-state index is 0.0992. The summed E-state index contributed by atoms with van der Waals surface area (Å²) < 4.78 is 8.82. The summed E-state index contributed by atoms with van der Waals surface area (Å²) in [5, 5.41) is 12.8. The Balaban J connectivity index is 1.59. The summed E-state index contributed by atoms with van der Waals surface area (Å²) in [5.41, 5.74) is 2.69. The van der Waals surface area contributed by atoms with Crippen LogP contribution < -0.4 is 10.1 Å². The first-order valence-corrected chi connectivity index (χ1v) is 11.5. The van der Waals surface area contributed by atoms with Gasteiger partial charge in [0.25, 0.3) is 0 Å². The molecule has 158 valence electrons. The molecule has 0 radical (unpaired) electrons. The molecule has 6 nitrogen and oxygen atoms in total. The third-order valence-electron chi connectivity index (χ3n) is 4.35. The monoisotopic (exact) mass is 508 g/mol. The molecule has 1 amide bonds. The number of thioether (sulfide) groups is 1. The number of hydrogen-bond donors (Lipinski definition) is 1. The van der Waals surface area contributed by atoms with Crippen molar-refractivity contribution in [2.24, 2.45) is 0 Å². The van der Waals surface area contributed by atoms with Gasteiger partial charge in [-0.05, 0) is 68.3 Å². The molecule has 1 heterocycles. The number of aromatic nitrogens is 3. The zero-order valence-electron chi connectivity index (χ0n) is 16.9. The first kappa shape index (κ1) is 22.7. The van der Waals surface area contributed by atoms with Crippen molar-refractivity contribution in [2.45, 2.75) is 39.1 Å². The molecule has 1 N–H and O–H groups in total. The Morgan fingerprint density at radius 1 is 1.20 bits per heavy atom. The van der Waals surface area contributed by atoms with Crippen molar-refractivity contribution in [1.82, 2.24) is 14.8 Å². The van der Waals surface area contributed by atoms with E-state index < -0.39 is 0 Å². The highest BCUT2D eigenvalue weighted by molar-refractivity contribution is 9.10. The number of halogens is 2. The first-order chi connectivity index (χ1) is 14.4. The van der Waals surface area contributed by atoms with Gasteiger partial charge in [-0.25, -0.2) is 0 Å². The van der Waals surface area contributed by atoms with Gasteiger partial charge in [0.05, 0.1) is 5.75 Å². The van der Waals surface area contributed by atoms with Gasteiger partial charge in [0.2, 0.25) is 5.91 Å². The van der Waals surface area contributed by atoms with Crippen molar-refractivity contribution in [3.63, 3.8) is 0 Å². The molecule has 0 aliphatic carbocycles. The van der Waals surface area contributed by atoms with Crippen LogP contribution >= 0.6 is 39.3 Å². The maximum absolute atomic E-state index is 12.2. The van der Waals surface area contributed by atoms with E-state index in [0.717, 1.165) is 32.1 Å². The van der Waals surface area contributed by atoms with Crippen LogP contribution in [0.3, 0.4) is 0 Å². The van der Waals surface area contributed by atoms with Crippen molar-refractivity contribution in [1.29, 1.82) is 0 Å². The van der Waals surface area contributed by atoms with Crippen molar-refractivity contribution >= 4 is 50.9 Å². The largest absolute Gasteiger partial charge is 0.486 e. The van der Waals surface area contributed by atoms with Gasteiger partial charge in [-0.15, -0.1) is 10.2 Å². The van der Waals surface area contributed by atoms with Crippen LogP contribution in [0.1, 0.15) is 23.9 Å². The second-order valence-corrected chi connectivity index (χ2v) is 8.88. The number of benzene rings is 2. The molecular weight excluding hydrogens is 488 g/mol. The topological polar surface area (TPSA) is 69.0 Å². The van der Waals surface area contributed by atoms with Gasteiger partial charge < -0.3 is 14.6 Å². The Morgan fingerprint density at radius 3 is 2.50 bits per heavy atom. The molecule has 0 bridgehead atoms. The van der Waals surface area contributed by atoms with Crippen LogP contribution in [0.2, 0.25) is 5.02 Å². The number of hydrogen-bond acceptors (Lipinski definition) is 5. The van der Waals surface area contributed by atoms with Crippen molar-refractivity contribution in [3.8, 4) is 5.75 Å². The maximum atomic E-state index is 12.2. The number of ether oxygens (including phenoxy) is 1. The summed E-state index contributed by atoms with van der Waals surface area (Å²) in [6.07, 6.45) is 0. The van der Waals surface area contributed by atoms with Gasteiger partial charge in [-0.1, -0.05) is 39.3 Å². The standard InChI is InChI=1S/C21H22BrClN4O2S/c1-4-27-18(11-29-17-9-13(2)20(23)14(3)10-17)25-26-21(27)30-12-19(28)24-16-7-5-15(22)6-8-16/h5-10H,4,11-12H2,1-3H3,(H,24,28). The van der Waals surface area contributed by atoms with E-state index >= 15 is 0 Å². The minimum Gasteiger partial charge on any atom is -0.486 e. The van der Waals surface area contributed by atoms with E-state index in [9.17, 15) is 4.79 Å². The highest BCUT2D eigenvalue weighted by atomic mass is 79.9. The zero-order valence-corrected chi connectivity index (χ0v) is 20.1. The fraction of sp³-hybridized carbons (Fsp3) is 0.286. The second kappa shape index (κ2) is 10.3. The van der Waals surface area contributed by atoms with Crippen LogP contribution in [-0.4, -0.2) is 26.4 Å². The molecule has 3 aromatic rings. The number of nitrogens with zero attached hydrogens (tertiary/aromatic N) is 3.